The van der Waals surface area contributed by atoms with Crippen LogP contribution in [0.3, 0.4) is 0 Å². The number of benzene rings is 3. The largest absolute Gasteiger partial charge is 0.507 e. The second kappa shape index (κ2) is 9.20. The normalized spacial score (nSPS) is 17.3. The minimum Gasteiger partial charge on any atom is -0.507 e. The van der Waals surface area contributed by atoms with Gasteiger partial charge in [-0.15, -0.1) is 0 Å². The SMILES string of the molecule is CCc1ccc(N2C(=O)C(=O)/C(=C(\O)c3cccc(OC)c3)C2c2ccccc2OC)cc1. The van der Waals surface area contributed by atoms with Crippen LogP contribution in [0.5, 0.6) is 11.5 Å². The fourth-order valence-corrected chi connectivity index (χ4v) is 4.10. The van der Waals surface area contributed by atoms with E-state index in [0.29, 0.717) is 28.3 Å². The molecule has 3 aromatic carbocycles. The van der Waals surface area contributed by atoms with Crippen LogP contribution in [0.2, 0.25) is 0 Å². The number of hydrogen-bond acceptors (Lipinski definition) is 5. The van der Waals surface area contributed by atoms with Gasteiger partial charge in [-0.3, -0.25) is 14.5 Å². The van der Waals surface area contributed by atoms with Gasteiger partial charge in [-0.1, -0.05) is 49.4 Å². The van der Waals surface area contributed by atoms with Crippen LogP contribution in [0.15, 0.2) is 78.4 Å². The highest BCUT2D eigenvalue weighted by molar-refractivity contribution is 6.51. The predicted octanol–water partition coefficient (Wildman–Crippen LogP) is 4.89. The summed E-state index contributed by atoms with van der Waals surface area (Å²) >= 11 is 0. The molecule has 1 heterocycles. The summed E-state index contributed by atoms with van der Waals surface area (Å²) in [6, 6.07) is 20.5. The molecule has 0 aliphatic carbocycles. The number of aliphatic hydroxyl groups is 1. The molecule has 1 saturated heterocycles. The summed E-state index contributed by atoms with van der Waals surface area (Å²) in [6.45, 7) is 2.05. The first-order chi connectivity index (χ1) is 16.0. The van der Waals surface area contributed by atoms with Gasteiger partial charge >= 0.3 is 0 Å². The molecule has 1 unspecified atom stereocenters. The molecule has 1 N–H and O–H groups in total. The molecule has 1 aliphatic rings. The summed E-state index contributed by atoms with van der Waals surface area (Å²) in [5.41, 5.74) is 2.66. The van der Waals surface area contributed by atoms with E-state index < -0.39 is 17.7 Å². The monoisotopic (exact) mass is 443 g/mol. The molecule has 0 aromatic heterocycles. The maximum absolute atomic E-state index is 13.3. The summed E-state index contributed by atoms with van der Waals surface area (Å²) in [7, 11) is 3.05. The number of amides is 1. The number of rotatable bonds is 6. The van der Waals surface area contributed by atoms with Crippen molar-refractivity contribution in [3.63, 3.8) is 0 Å². The van der Waals surface area contributed by atoms with Crippen LogP contribution in [0.4, 0.5) is 5.69 Å². The third-order valence-electron chi connectivity index (χ3n) is 5.84. The summed E-state index contributed by atoms with van der Waals surface area (Å²) in [6.07, 6.45) is 0.852. The first-order valence-corrected chi connectivity index (χ1v) is 10.7. The lowest BCUT2D eigenvalue weighted by Gasteiger charge is -2.26. The third kappa shape index (κ3) is 3.96. The van der Waals surface area contributed by atoms with Gasteiger partial charge in [-0.25, -0.2) is 0 Å². The van der Waals surface area contributed by atoms with Crippen LogP contribution in [0.1, 0.15) is 29.7 Å². The molecular weight excluding hydrogens is 418 g/mol. The van der Waals surface area contributed by atoms with Gasteiger partial charge < -0.3 is 14.6 Å². The molecule has 3 aromatic rings. The lowest BCUT2D eigenvalue weighted by Crippen LogP contribution is -2.29. The molecule has 33 heavy (non-hydrogen) atoms. The zero-order chi connectivity index (χ0) is 23.5. The first-order valence-electron chi connectivity index (χ1n) is 10.7. The number of carbonyl (C=O) groups excluding carboxylic acids is 2. The summed E-state index contributed by atoms with van der Waals surface area (Å²) in [5, 5.41) is 11.3. The highest BCUT2D eigenvalue weighted by Gasteiger charge is 2.47. The number of nitrogens with zero attached hydrogens (tertiary/aromatic N) is 1. The molecule has 4 rings (SSSR count). The highest BCUT2D eigenvalue weighted by Crippen LogP contribution is 2.45. The van der Waals surface area contributed by atoms with Gasteiger partial charge in [0.25, 0.3) is 11.7 Å². The second-order valence-corrected chi connectivity index (χ2v) is 7.66. The van der Waals surface area contributed by atoms with E-state index in [1.54, 1.807) is 36.4 Å². The molecular formula is C27H25NO5. The topological polar surface area (TPSA) is 76.1 Å². The van der Waals surface area contributed by atoms with Crippen molar-refractivity contribution in [2.45, 2.75) is 19.4 Å². The number of ketones is 1. The summed E-state index contributed by atoms with van der Waals surface area (Å²) in [4.78, 5) is 28.0. The Morgan fingerprint density at radius 2 is 1.67 bits per heavy atom. The number of carbonyl (C=O) groups is 2. The van der Waals surface area contributed by atoms with Gasteiger partial charge in [0.1, 0.15) is 17.3 Å². The van der Waals surface area contributed by atoms with E-state index in [4.69, 9.17) is 9.47 Å². The van der Waals surface area contributed by atoms with E-state index in [9.17, 15) is 14.7 Å². The number of aryl methyl sites for hydroxylation is 1. The molecule has 1 aliphatic heterocycles. The third-order valence-corrected chi connectivity index (χ3v) is 5.84. The van der Waals surface area contributed by atoms with Gasteiger partial charge in [-0.2, -0.15) is 0 Å². The van der Waals surface area contributed by atoms with Crippen molar-refractivity contribution >= 4 is 23.1 Å². The molecule has 0 radical (unpaired) electrons. The molecule has 1 atom stereocenters. The Bertz CT molecular complexity index is 1230. The number of Topliss-reactive ketones (excluding diaryl/α,β-unsaturated/α-hetero) is 1. The van der Waals surface area contributed by atoms with Gasteiger partial charge in [0, 0.05) is 16.8 Å². The van der Waals surface area contributed by atoms with Crippen molar-refractivity contribution in [1.29, 1.82) is 0 Å². The van der Waals surface area contributed by atoms with Gasteiger partial charge in [0.15, 0.2) is 0 Å². The average molecular weight is 443 g/mol. The molecule has 6 heteroatoms. The van der Waals surface area contributed by atoms with E-state index in [2.05, 4.69) is 0 Å². The standard InChI is InChI=1S/C27H25NO5/c1-4-17-12-14-19(15-13-17)28-24(21-10-5-6-11-22(21)33-3)23(26(30)27(28)31)25(29)18-8-7-9-20(16-18)32-2/h5-16,24,29H,4H2,1-3H3/b25-23-. The van der Waals surface area contributed by atoms with Crippen molar-refractivity contribution in [2.75, 3.05) is 19.1 Å². The number of ether oxygens (including phenoxy) is 2. The van der Waals surface area contributed by atoms with Gasteiger partial charge in [-0.05, 0) is 42.3 Å². The van der Waals surface area contributed by atoms with Crippen molar-refractivity contribution in [2.24, 2.45) is 0 Å². The molecule has 0 saturated carbocycles. The van der Waals surface area contributed by atoms with Crippen LogP contribution in [0, 0.1) is 0 Å². The van der Waals surface area contributed by atoms with Crippen molar-refractivity contribution in [3.05, 3.63) is 95.1 Å². The number of para-hydroxylation sites is 1. The van der Waals surface area contributed by atoms with E-state index in [-0.39, 0.29) is 11.3 Å². The molecule has 0 spiro atoms. The number of anilines is 1. The number of aliphatic hydroxyl groups excluding tert-OH is 1. The van der Waals surface area contributed by atoms with Gasteiger partial charge in [0.05, 0.1) is 25.8 Å². The zero-order valence-electron chi connectivity index (χ0n) is 18.7. The van der Waals surface area contributed by atoms with Crippen LogP contribution in [0.25, 0.3) is 5.76 Å². The highest BCUT2D eigenvalue weighted by atomic mass is 16.5. The Labute approximate surface area is 192 Å². The van der Waals surface area contributed by atoms with E-state index in [1.807, 2.05) is 43.3 Å². The number of methoxy groups -OCH3 is 2. The molecule has 1 amide bonds. The van der Waals surface area contributed by atoms with Crippen molar-refractivity contribution in [1.82, 2.24) is 0 Å². The Hall–Kier alpha value is -4.06. The Morgan fingerprint density at radius 3 is 2.33 bits per heavy atom. The molecule has 168 valence electrons. The summed E-state index contributed by atoms with van der Waals surface area (Å²) < 4.78 is 10.8. The Kier molecular flexibility index (Phi) is 6.18. The first kappa shape index (κ1) is 22.1. The Balaban J connectivity index is 1.96. The van der Waals surface area contributed by atoms with Crippen LogP contribution >= 0.6 is 0 Å². The van der Waals surface area contributed by atoms with E-state index in [1.165, 1.54) is 19.1 Å². The lowest BCUT2D eigenvalue weighted by atomic mass is 9.94. The Morgan fingerprint density at radius 1 is 0.939 bits per heavy atom. The lowest BCUT2D eigenvalue weighted by molar-refractivity contribution is -0.132. The number of hydrogen-bond donors (Lipinski definition) is 1. The predicted molar refractivity (Wildman–Crippen MR) is 127 cm³/mol. The van der Waals surface area contributed by atoms with Crippen LogP contribution in [-0.4, -0.2) is 31.0 Å². The van der Waals surface area contributed by atoms with E-state index in [0.717, 1.165) is 12.0 Å². The van der Waals surface area contributed by atoms with Crippen LogP contribution in [-0.2, 0) is 16.0 Å². The quantitative estimate of drug-likeness (QED) is 0.333. The van der Waals surface area contributed by atoms with Crippen molar-refractivity contribution < 1.29 is 24.2 Å². The maximum atomic E-state index is 13.3. The van der Waals surface area contributed by atoms with Gasteiger partial charge in [0.2, 0.25) is 0 Å². The molecule has 1 fully saturated rings. The molecule has 6 nitrogen and oxygen atoms in total. The fourth-order valence-electron chi connectivity index (χ4n) is 4.10. The maximum Gasteiger partial charge on any atom is 0.300 e. The zero-order valence-corrected chi connectivity index (χ0v) is 18.7. The second-order valence-electron chi connectivity index (χ2n) is 7.66. The minimum atomic E-state index is -0.861. The smallest absolute Gasteiger partial charge is 0.300 e. The fraction of sp³-hybridized carbons (Fsp3) is 0.185. The summed E-state index contributed by atoms with van der Waals surface area (Å²) in [5.74, 6) is -0.699. The van der Waals surface area contributed by atoms with Crippen molar-refractivity contribution in [3.8, 4) is 11.5 Å². The minimum absolute atomic E-state index is 0.00248. The van der Waals surface area contributed by atoms with E-state index >= 15 is 0 Å². The molecule has 0 bridgehead atoms. The van der Waals surface area contributed by atoms with Crippen LogP contribution < -0.4 is 14.4 Å². The average Bonchev–Trinajstić information content (AvgIpc) is 3.13.